The Morgan fingerprint density at radius 1 is 0.111 bits per heavy atom. The highest BCUT2D eigenvalue weighted by Crippen LogP contribution is 2.45. The van der Waals surface area contributed by atoms with Crippen molar-refractivity contribution in [2.75, 3.05) is 0 Å². The molecule has 0 aliphatic carbocycles. The second-order valence-corrected chi connectivity index (χ2v) is 23.6. The van der Waals surface area contributed by atoms with E-state index < -0.39 is 0 Å². The lowest BCUT2D eigenvalue weighted by atomic mass is 9.92. The predicted molar refractivity (Wildman–Crippen MR) is 379 cm³/mol. The molecular weight excluding hydrogens is 1090 g/mol. The maximum atomic E-state index is 2.51. The first-order valence-electron chi connectivity index (χ1n) is 30.9. The van der Waals surface area contributed by atoms with E-state index in [0.717, 1.165) is 143 Å². The number of hydrogen-bond donors (Lipinski definition) is 0. The van der Waals surface area contributed by atoms with E-state index in [0.29, 0.717) is 0 Å². The minimum atomic E-state index is 1.08. The highest BCUT2D eigenvalue weighted by molar-refractivity contribution is 6.29. The number of nitrogens with zero attached hydrogens (tertiary/aromatic N) is 6. The standard InChI is InChI=1S/C84H54N6/c1-5-25-55(26-6-1)85-77-41-21-23-43-79(77)87(57-29-9-3-10-30-57)83-53-71-68-50-60(90-75-39-19-15-35-65(75)66-36-16-20-40-76(66)90)46-48-62(68)70-52-82-84(88(58-31-11-4-12-32-58)80-44-24-22-42-78(80)86(82)56-27-7-2-8-28-56)54-72(70)67-49-59(45-47-61(67)69(71)51-81(83)85)89-73-37-17-13-33-63(73)64-34-14-18-38-74(64)89/h1-54H. The third-order valence-corrected chi connectivity index (χ3v) is 18.8. The molecule has 420 valence electrons. The van der Waals surface area contributed by atoms with Gasteiger partial charge in [0, 0.05) is 55.7 Å². The van der Waals surface area contributed by atoms with E-state index in [4.69, 9.17) is 0 Å². The molecule has 0 amide bonds. The van der Waals surface area contributed by atoms with Crippen LogP contribution in [0.25, 0.3) is 165 Å². The summed E-state index contributed by atoms with van der Waals surface area (Å²) < 4.78 is 14.8. The van der Waals surface area contributed by atoms with E-state index in [2.05, 4.69) is 355 Å². The molecule has 90 heavy (non-hydrogen) atoms. The first kappa shape index (κ1) is 50.1. The van der Waals surface area contributed by atoms with Crippen molar-refractivity contribution < 1.29 is 0 Å². The van der Waals surface area contributed by atoms with Crippen molar-refractivity contribution in [2.45, 2.75) is 0 Å². The summed E-state index contributed by atoms with van der Waals surface area (Å²) in [6, 6.07) is 121. The molecule has 0 saturated carbocycles. The number of aromatic nitrogens is 6. The van der Waals surface area contributed by atoms with E-state index in [9.17, 15) is 0 Å². The SMILES string of the molecule is c1ccc(-n2c3ccccc3n(-c3ccccc3)c3cc4c5cc(-n6c7ccccc7c7ccccc76)ccc5c5cc6c(cc5c5cc(-n7c8ccccc8c8ccccc87)ccc5c4cc32)n(-c2ccccc2)c2ccccc2n6-c2ccccc2)cc1. The van der Waals surface area contributed by atoms with Gasteiger partial charge in [0.25, 0.3) is 0 Å². The lowest BCUT2D eigenvalue weighted by Gasteiger charge is -2.24. The summed E-state index contributed by atoms with van der Waals surface area (Å²) in [5, 5.41) is 13.9. The zero-order valence-electron chi connectivity index (χ0n) is 48.9. The zero-order valence-corrected chi connectivity index (χ0v) is 48.9. The molecule has 0 bridgehead atoms. The molecule has 0 fully saturated rings. The molecule has 6 heteroatoms. The number of rotatable bonds is 6. The smallest absolute Gasteiger partial charge is 0.0709 e. The summed E-state index contributed by atoms with van der Waals surface area (Å²) in [5.74, 6) is 0. The summed E-state index contributed by atoms with van der Waals surface area (Å²) in [5.41, 5.74) is 19.9. The van der Waals surface area contributed by atoms with E-state index in [1.165, 1.54) is 21.5 Å². The number of benzene rings is 14. The van der Waals surface area contributed by atoms with Crippen molar-refractivity contribution in [3.63, 3.8) is 0 Å². The van der Waals surface area contributed by atoms with Gasteiger partial charge in [-0.05, 0) is 189 Å². The van der Waals surface area contributed by atoms with Crippen LogP contribution in [0.4, 0.5) is 0 Å². The van der Waals surface area contributed by atoms with E-state index in [-0.39, 0.29) is 0 Å². The highest BCUT2D eigenvalue weighted by atomic mass is 15.1. The van der Waals surface area contributed by atoms with Gasteiger partial charge in [-0.3, -0.25) is 0 Å². The van der Waals surface area contributed by atoms with Crippen LogP contribution in [0.15, 0.2) is 328 Å². The van der Waals surface area contributed by atoms with Crippen LogP contribution in [0.3, 0.4) is 0 Å². The molecule has 19 rings (SSSR count). The second kappa shape index (κ2) is 19.7. The van der Waals surface area contributed by atoms with E-state index in [1.807, 2.05) is 0 Å². The first-order chi connectivity index (χ1) is 44.7. The zero-order chi connectivity index (χ0) is 59.0. The Balaban J connectivity index is 1.10. The molecular formula is C84H54N6. The molecule has 0 atom stereocenters. The lowest BCUT2D eigenvalue weighted by molar-refractivity contribution is 1.09. The van der Waals surface area contributed by atoms with Crippen molar-refractivity contribution in [1.29, 1.82) is 0 Å². The molecule has 4 heterocycles. The van der Waals surface area contributed by atoms with Gasteiger partial charge < -0.3 is 27.4 Å². The number of hydrogen-bond acceptors (Lipinski definition) is 0. The Hall–Kier alpha value is -12.1. The summed E-state index contributed by atoms with van der Waals surface area (Å²) in [7, 11) is 0. The fourth-order valence-electron chi connectivity index (χ4n) is 15.0. The third-order valence-electron chi connectivity index (χ3n) is 18.8. The molecule has 19 aromatic rings. The van der Waals surface area contributed by atoms with Crippen molar-refractivity contribution >= 4 is 131 Å². The minimum Gasteiger partial charge on any atom is -0.309 e. The maximum absolute atomic E-state index is 2.51. The van der Waals surface area contributed by atoms with Crippen molar-refractivity contribution in [1.82, 2.24) is 27.4 Å². The maximum Gasteiger partial charge on any atom is 0.0709 e. The Kier molecular flexibility index (Phi) is 11.0. The average molecular weight is 1150 g/mol. The van der Waals surface area contributed by atoms with Crippen LogP contribution in [-0.4, -0.2) is 27.4 Å². The van der Waals surface area contributed by atoms with E-state index in [1.54, 1.807) is 0 Å². The van der Waals surface area contributed by atoms with Gasteiger partial charge in [0.2, 0.25) is 0 Å². The monoisotopic (exact) mass is 1150 g/mol. The topological polar surface area (TPSA) is 29.6 Å². The Bertz CT molecular complexity index is 5760. The van der Waals surface area contributed by atoms with Gasteiger partial charge in [-0.25, -0.2) is 0 Å². The molecule has 0 radical (unpaired) electrons. The van der Waals surface area contributed by atoms with Gasteiger partial charge in [-0.15, -0.1) is 0 Å². The summed E-state index contributed by atoms with van der Waals surface area (Å²) in [6.07, 6.45) is 0. The first-order valence-corrected chi connectivity index (χ1v) is 30.9. The number of fused-ring (bicyclic) bond motifs is 18. The molecule has 0 unspecified atom stereocenters. The molecule has 0 aliphatic rings. The summed E-state index contributed by atoms with van der Waals surface area (Å²) in [4.78, 5) is 0. The molecule has 4 aromatic heterocycles. The van der Waals surface area contributed by atoms with Crippen molar-refractivity contribution in [2.24, 2.45) is 0 Å². The summed E-state index contributed by atoms with van der Waals surface area (Å²) in [6.45, 7) is 0. The third kappa shape index (κ3) is 7.39. The lowest BCUT2D eigenvalue weighted by Crippen LogP contribution is -2.08. The molecule has 0 saturated heterocycles. The fourth-order valence-corrected chi connectivity index (χ4v) is 15.0. The Morgan fingerprint density at radius 3 is 0.578 bits per heavy atom. The van der Waals surface area contributed by atoms with Crippen LogP contribution in [0.5, 0.6) is 0 Å². The van der Waals surface area contributed by atoms with Gasteiger partial charge in [0.15, 0.2) is 0 Å². The molecule has 0 spiro atoms. The van der Waals surface area contributed by atoms with Crippen LogP contribution < -0.4 is 0 Å². The quantitative estimate of drug-likeness (QED) is 0.149. The van der Waals surface area contributed by atoms with Gasteiger partial charge >= 0.3 is 0 Å². The van der Waals surface area contributed by atoms with Gasteiger partial charge in [-0.2, -0.15) is 0 Å². The second-order valence-electron chi connectivity index (χ2n) is 23.6. The van der Waals surface area contributed by atoms with Crippen LogP contribution >= 0.6 is 0 Å². The molecule has 0 aliphatic heterocycles. The van der Waals surface area contributed by atoms with Crippen molar-refractivity contribution in [3.8, 4) is 34.1 Å². The fraction of sp³-hybridized carbons (Fsp3) is 0. The molecule has 15 aromatic carbocycles. The Morgan fingerprint density at radius 2 is 0.311 bits per heavy atom. The normalized spacial score (nSPS) is 12.0. The molecule has 6 nitrogen and oxygen atoms in total. The van der Waals surface area contributed by atoms with Gasteiger partial charge in [0.05, 0.1) is 66.2 Å². The largest absolute Gasteiger partial charge is 0.309 e. The van der Waals surface area contributed by atoms with Crippen LogP contribution in [0.1, 0.15) is 0 Å². The van der Waals surface area contributed by atoms with Crippen LogP contribution in [0, 0.1) is 0 Å². The predicted octanol–water partition coefficient (Wildman–Crippen LogP) is 22.0. The van der Waals surface area contributed by atoms with Crippen molar-refractivity contribution in [3.05, 3.63) is 328 Å². The van der Waals surface area contributed by atoms with E-state index >= 15 is 0 Å². The highest BCUT2D eigenvalue weighted by Gasteiger charge is 2.23. The van der Waals surface area contributed by atoms with Gasteiger partial charge in [0.1, 0.15) is 0 Å². The average Bonchev–Trinajstić information content (AvgIpc) is 0.906. The number of para-hydroxylation sites is 12. The summed E-state index contributed by atoms with van der Waals surface area (Å²) >= 11 is 0. The minimum absolute atomic E-state index is 1.08. The van der Waals surface area contributed by atoms with Crippen LogP contribution in [0.2, 0.25) is 0 Å². The van der Waals surface area contributed by atoms with Crippen LogP contribution in [-0.2, 0) is 0 Å². The van der Waals surface area contributed by atoms with Gasteiger partial charge in [-0.1, -0.05) is 182 Å². The Labute approximate surface area is 517 Å². The molecule has 0 N–H and O–H groups in total.